The summed E-state index contributed by atoms with van der Waals surface area (Å²) in [5.74, 6) is 0. The Morgan fingerprint density at radius 3 is 2.80 bits per heavy atom. The molecule has 1 saturated carbocycles. The molecule has 4 heterocycles. The number of fused-ring (bicyclic) bond motifs is 1. The van der Waals surface area contributed by atoms with Crippen LogP contribution >= 0.6 is 11.8 Å². The fourth-order valence-corrected chi connectivity index (χ4v) is 5.70. The van der Waals surface area contributed by atoms with Gasteiger partial charge in [0, 0.05) is 35.9 Å². The SMILES string of the molecule is C[C@@H]1CN2C(=N[C@H](c3ccccn3)[C@H]2c2cccn2C2CCCC2)S1. The molecule has 4 nitrogen and oxygen atoms in total. The molecule has 5 heteroatoms. The zero-order valence-electron chi connectivity index (χ0n) is 14.6. The van der Waals surface area contributed by atoms with Gasteiger partial charge in [0.05, 0.1) is 11.7 Å². The van der Waals surface area contributed by atoms with Crippen LogP contribution in [-0.2, 0) is 0 Å². The fraction of sp³-hybridized carbons (Fsp3) is 0.500. The third-order valence-electron chi connectivity index (χ3n) is 5.71. The smallest absolute Gasteiger partial charge is 0.160 e. The second-order valence-corrected chi connectivity index (χ2v) is 8.82. The lowest BCUT2D eigenvalue weighted by atomic mass is 10.0. The van der Waals surface area contributed by atoms with E-state index in [1.807, 2.05) is 24.0 Å². The van der Waals surface area contributed by atoms with Crippen LogP contribution in [0.5, 0.6) is 0 Å². The number of nitrogens with zero attached hydrogens (tertiary/aromatic N) is 4. The van der Waals surface area contributed by atoms with E-state index in [4.69, 9.17) is 4.99 Å². The minimum atomic E-state index is 0.103. The quantitative estimate of drug-likeness (QED) is 0.810. The summed E-state index contributed by atoms with van der Waals surface area (Å²) >= 11 is 1.91. The number of thioether (sulfide) groups is 1. The van der Waals surface area contributed by atoms with E-state index in [1.165, 1.54) is 36.5 Å². The number of pyridine rings is 1. The van der Waals surface area contributed by atoms with Crippen LogP contribution in [0.15, 0.2) is 47.7 Å². The Hall–Kier alpha value is -1.75. The van der Waals surface area contributed by atoms with Crippen molar-refractivity contribution in [3.63, 3.8) is 0 Å². The molecule has 2 fully saturated rings. The van der Waals surface area contributed by atoms with Gasteiger partial charge in [-0.25, -0.2) is 0 Å². The summed E-state index contributed by atoms with van der Waals surface area (Å²) in [7, 11) is 0. The van der Waals surface area contributed by atoms with Crippen molar-refractivity contribution in [3.05, 3.63) is 54.1 Å². The highest BCUT2D eigenvalue weighted by atomic mass is 32.2. The first kappa shape index (κ1) is 15.5. The van der Waals surface area contributed by atoms with E-state index >= 15 is 0 Å². The predicted octanol–water partition coefficient (Wildman–Crippen LogP) is 4.59. The third kappa shape index (κ3) is 2.60. The highest BCUT2D eigenvalue weighted by Crippen LogP contribution is 2.48. The molecule has 0 unspecified atom stereocenters. The molecule has 3 atom stereocenters. The zero-order chi connectivity index (χ0) is 16.8. The van der Waals surface area contributed by atoms with Gasteiger partial charge in [-0.15, -0.1) is 0 Å². The minimum Gasteiger partial charge on any atom is -0.346 e. The zero-order valence-corrected chi connectivity index (χ0v) is 15.4. The number of aromatic nitrogens is 2. The molecule has 1 aliphatic carbocycles. The molecule has 130 valence electrons. The number of hydrogen-bond acceptors (Lipinski definition) is 4. The summed E-state index contributed by atoms with van der Waals surface area (Å²) in [6, 6.07) is 11.8. The van der Waals surface area contributed by atoms with Crippen molar-refractivity contribution in [1.29, 1.82) is 0 Å². The molecule has 0 spiro atoms. The molecule has 0 N–H and O–H groups in total. The monoisotopic (exact) mass is 352 g/mol. The van der Waals surface area contributed by atoms with Crippen LogP contribution in [0.4, 0.5) is 0 Å². The van der Waals surface area contributed by atoms with Gasteiger partial charge in [0.1, 0.15) is 6.04 Å². The van der Waals surface area contributed by atoms with Crippen LogP contribution in [-0.4, -0.2) is 31.4 Å². The lowest BCUT2D eigenvalue weighted by Crippen LogP contribution is -2.30. The van der Waals surface area contributed by atoms with E-state index < -0.39 is 0 Å². The molecule has 1 saturated heterocycles. The van der Waals surface area contributed by atoms with Crippen LogP contribution in [0, 0.1) is 0 Å². The summed E-state index contributed by atoms with van der Waals surface area (Å²) in [5, 5.41) is 1.81. The average Bonchev–Trinajstić information content (AvgIpc) is 3.38. The second kappa shape index (κ2) is 6.20. The summed E-state index contributed by atoms with van der Waals surface area (Å²) in [6.07, 6.45) is 9.50. The van der Waals surface area contributed by atoms with Crippen molar-refractivity contribution in [2.45, 2.75) is 56.0 Å². The van der Waals surface area contributed by atoms with Gasteiger partial charge in [0.25, 0.3) is 0 Å². The van der Waals surface area contributed by atoms with Crippen molar-refractivity contribution in [2.75, 3.05) is 6.54 Å². The van der Waals surface area contributed by atoms with Gasteiger partial charge in [-0.05, 0) is 37.1 Å². The van der Waals surface area contributed by atoms with Crippen molar-refractivity contribution in [3.8, 4) is 0 Å². The minimum absolute atomic E-state index is 0.103. The number of aliphatic imine (C=N–C) groups is 1. The van der Waals surface area contributed by atoms with Gasteiger partial charge in [-0.2, -0.15) is 0 Å². The maximum Gasteiger partial charge on any atom is 0.160 e. The lowest BCUT2D eigenvalue weighted by Gasteiger charge is -2.30. The summed E-state index contributed by atoms with van der Waals surface area (Å²) in [5.41, 5.74) is 2.50. The highest BCUT2D eigenvalue weighted by molar-refractivity contribution is 8.14. The molecule has 25 heavy (non-hydrogen) atoms. The van der Waals surface area contributed by atoms with E-state index in [9.17, 15) is 0 Å². The average molecular weight is 353 g/mol. The maximum atomic E-state index is 5.11. The Bertz CT molecular complexity index is 778. The van der Waals surface area contributed by atoms with Gasteiger partial charge in [-0.3, -0.25) is 9.98 Å². The first-order chi connectivity index (χ1) is 12.3. The Balaban J connectivity index is 1.57. The topological polar surface area (TPSA) is 33.4 Å². The number of amidine groups is 1. The van der Waals surface area contributed by atoms with Gasteiger partial charge in [-0.1, -0.05) is 37.6 Å². The largest absolute Gasteiger partial charge is 0.346 e. The number of hydrogen-bond donors (Lipinski definition) is 0. The molecule has 2 aromatic heterocycles. The van der Waals surface area contributed by atoms with Crippen molar-refractivity contribution in [1.82, 2.24) is 14.5 Å². The van der Waals surface area contributed by atoms with E-state index in [0.717, 1.165) is 12.2 Å². The van der Waals surface area contributed by atoms with Crippen molar-refractivity contribution in [2.24, 2.45) is 4.99 Å². The normalized spacial score (nSPS) is 29.2. The van der Waals surface area contributed by atoms with Crippen LogP contribution in [0.2, 0.25) is 0 Å². The molecule has 0 aromatic carbocycles. The fourth-order valence-electron chi connectivity index (χ4n) is 4.61. The first-order valence-electron chi connectivity index (χ1n) is 9.40. The third-order valence-corrected chi connectivity index (χ3v) is 6.82. The molecule has 2 aliphatic heterocycles. The first-order valence-corrected chi connectivity index (χ1v) is 10.3. The molecular formula is C20H24N4S. The van der Waals surface area contributed by atoms with E-state index in [-0.39, 0.29) is 12.1 Å². The molecule has 2 aromatic rings. The Morgan fingerprint density at radius 1 is 1.12 bits per heavy atom. The molecule has 0 radical (unpaired) electrons. The van der Waals surface area contributed by atoms with E-state index in [0.29, 0.717) is 11.3 Å². The summed E-state index contributed by atoms with van der Waals surface area (Å²) < 4.78 is 2.54. The van der Waals surface area contributed by atoms with Crippen LogP contribution in [0.3, 0.4) is 0 Å². The van der Waals surface area contributed by atoms with Crippen LogP contribution in [0.1, 0.15) is 62.1 Å². The van der Waals surface area contributed by atoms with Gasteiger partial charge in [0.2, 0.25) is 0 Å². The Kier molecular flexibility index (Phi) is 3.85. The van der Waals surface area contributed by atoms with Gasteiger partial charge < -0.3 is 9.47 Å². The lowest BCUT2D eigenvalue weighted by molar-refractivity contribution is 0.299. The van der Waals surface area contributed by atoms with Gasteiger partial charge in [0.15, 0.2) is 5.17 Å². The van der Waals surface area contributed by atoms with E-state index in [1.54, 1.807) is 0 Å². The van der Waals surface area contributed by atoms with Crippen molar-refractivity contribution >= 4 is 16.9 Å². The highest BCUT2D eigenvalue weighted by Gasteiger charge is 2.44. The summed E-state index contributed by atoms with van der Waals surface area (Å²) in [6.45, 7) is 3.38. The maximum absolute atomic E-state index is 5.11. The Morgan fingerprint density at radius 2 is 2.00 bits per heavy atom. The molecular weight excluding hydrogens is 328 g/mol. The Labute approximate surface area is 153 Å². The summed E-state index contributed by atoms with van der Waals surface area (Å²) in [4.78, 5) is 12.3. The predicted molar refractivity (Wildman–Crippen MR) is 103 cm³/mol. The van der Waals surface area contributed by atoms with Crippen molar-refractivity contribution < 1.29 is 0 Å². The second-order valence-electron chi connectivity index (χ2n) is 7.42. The molecule has 0 bridgehead atoms. The van der Waals surface area contributed by atoms with Gasteiger partial charge >= 0.3 is 0 Å². The molecule has 3 aliphatic rings. The van der Waals surface area contributed by atoms with E-state index in [2.05, 4.69) is 51.8 Å². The molecule has 0 amide bonds. The standard InChI is InChI=1S/C20H24N4S/c1-14-13-24-19(17-10-6-12-23(17)15-7-2-3-8-15)18(22-20(24)25-14)16-9-4-5-11-21-16/h4-6,9-12,14-15,18-19H,2-3,7-8,13H2,1H3/t14-,18-,19-/m1/s1. The van der Waals surface area contributed by atoms with Crippen LogP contribution < -0.4 is 0 Å². The number of rotatable bonds is 3. The molecule has 5 rings (SSSR count). The van der Waals surface area contributed by atoms with Crippen LogP contribution in [0.25, 0.3) is 0 Å².